The molecule has 0 spiro atoms. The van der Waals surface area contributed by atoms with Crippen molar-refractivity contribution >= 4 is 11.9 Å². The number of aromatic nitrogens is 1. The number of rotatable bonds is 6. The molecule has 0 aliphatic carbocycles. The Labute approximate surface area is 161 Å². The first-order valence-corrected chi connectivity index (χ1v) is 9.61. The average molecular weight is 380 g/mol. The van der Waals surface area contributed by atoms with Gasteiger partial charge in [-0.1, -0.05) is 0 Å². The van der Waals surface area contributed by atoms with E-state index < -0.39 is 5.97 Å². The Bertz CT molecular complexity index is 686. The number of aryl methyl sites for hydroxylation is 1. The van der Waals surface area contributed by atoms with E-state index in [4.69, 9.17) is 9.47 Å². The van der Waals surface area contributed by atoms with Crippen molar-refractivity contribution in [2.45, 2.75) is 66.2 Å². The Hall–Kier alpha value is -1.86. The largest absolute Gasteiger partial charge is 0.462 e. The quantitative estimate of drug-likeness (QED) is 0.742. The molecule has 1 aliphatic rings. The zero-order valence-corrected chi connectivity index (χ0v) is 17.6. The van der Waals surface area contributed by atoms with Gasteiger partial charge in [0, 0.05) is 30.9 Å². The van der Waals surface area contributed by atoms with Gasteiger partial charge >= 0.3 is 5.97 Å². The molecule has 2 heterocycles. The lowest BCUT2D eigenvalue weighted by molar-refractivity contribution is -0.0948. The number of nitrogens with one attached hydrogen (secondary N) is 2. The average Bonchev–Trinajstić information content (AvgIpc) is 2.86. The maximum absolute atomic E-state index is 12.7. The zero-order chi connectivity index (χ0) is 20.4. The molecule has 7 heteroatoms. The van der Waals surface area contributed by atoms with Crippen LogP contribution >= 0.6 is 0 Å². The maximum atomic E-state index is 12.7. The highest BCUT2D eigenvalue weighted by molar-refractivity contribution is 6.00. The predicted octanol–water partition coefficient (Wildman–Crippen LogP) is 2.43. The SMILES string of the molecule is CCOC(=O)c1c(C)[nH]c(C(=O)NCC(C)(C)N2CC(C)OC(C)C2)c1C. The molecule has 0 aromatic carbocycles. The normalized spacial score (nSPS) is 21.1. The summed E-state index contributed by atoms with van der Waals surface area (Å²) in [6, 6.07) is 0. The summed E-state index contributed by atoms with van der Waals surface area (Å²) >= 11 is 0. The number of esters is 1. The van der Waals surface area contributed by atoms with Crippen LogP contribution in [0, 0.1) is 13.8 Å². The highest BCUT2D eigenvalue weighted by Crippen LogP contribution is 2.22. The van der Waals surface area contributed by atoms with Crippen molar-refractivity contribution in [3.8, 4) is 0 Å². The number of nitrogens with zero attached hydrogens (tertiary/aromatic N) is 1. The molecule has 27 heavy (non-hydrogen) atoms. The van der Waals surface area contributed by atoms with E-state index in [9.17, 15) is 9.59 Å². The summed E-state index contributed by atoms with van der Waals surface area (Å²) in [6.45, 7) is 16.1. The number of carbonyl (C=O) groups excluding carboxylic acids is 2. The molecule has 0 radical (unpaired) electrons. The number of ether oxygens (including phenoxy) is 2. The van der Waals surface area contributed by atoms with Crippen LogP contribution in [0.3, 0.4) is 0 Å². The first-order chi connectivity index (χ1) is 12.6. The minimum absolute atomic E-state index is 0.171. The second kappa shape index (κ2) is 8.44. The van der Waals surface area contributed by atoms with Crippen molar-refractivity contribution in [2.24, 2.45) is 0 Å². The van der Waals surface area contributed by atoms with Gasteiger partial charge in [-0.3, -0.25) is 9.69 Å². The number of hydrogen-bond donors (Lipinski definition) is 2. The van der Waals surface area contributed by atoms with Gasteiger partial charge in [-0.15, -0.1) is 0 Å². The first-order valence-electron chi connectivity index (χ1n) is 9.61. The second-order valence-corrected chi connectivity index (χ2v) is 8.00. The number of morpholine rings is 1. The van der Waals surface area contributed by atoms with Crippen LogP contribution in [-0.4, -0.2) is 65.7 Å². The van der Waals surface area contributed by atoms with E-state index in [0.29, 0.717) is 35.7 Å². The van der Waals surface area contributed by atoms with Crippen LogP contribution in [-0.2, 0) is 9.47 Å². The van der Waals surface area contributed by atoms with Crippen molar-refractivity contribution in [3.05, 3.63) is 22.5 Å². The van der Waals surface area contributed by atoms with Crippen LogP contribution < -0.4 is 5.32 Å². The fourth-order valence-corrected chi connectivity index (χ4v) is 3.66. The van der Waals surface area contributed by atoms with Gasteiger partial charge < -0.3 is 19.8 Å². The Morgan fingerprint density at radius 1 is 1.26 bits per heavy atom. The molecule has 0 bridgehead atoms. The third-order valence-corrected chi connectivity index (χ3v) is 5.10. The molecule has 0 saturated carbocycles. The van der Waals surface area contributed by atoms with Crippen molar-refractivity contribution < 1.29 is 19.1 Å². The maximum Gasteiger partial charge on any atom is 0.340 e. The number of amides is 1. The van der Waals surface area contributed by atoms with Gasteiger partial charge in [-0.05, 0) is 54.0 Å². The van der Waals surface area contributed by atoms with Crippen LogP contribution in [0.2, 0.25) is 0 Å². The lowest BCUT2D eigenvalue weighted by Gasteiger charge is -2.45. The third kappa shape index (κ3) is 4.90. The molecule has 1 amide bonds. The van der Waals surface area contributed by atoms with E-state index in [2.05, 4.69) is 42.9 Å². The van der Waals surface area contributed by atoms with Crippen LogP contribution in [0.1, 0.15) is 66.7 Å². The zero-order valence-electron chi connectivity index (χ0n) is 17.6. The molecular weight excluding hydrogens is 346 g/mol. The molecule has 1 saturated heterocycles. The first kappa shape index (κ1) is 21.4. The van der Waals surface area contributed by atoms with Crippen LogP contribution in [0.5, 0.6) is 0 Å². The van der Waals surface area contributed by atoms with Crippen LogP contribution in [0.4, 0.5) is 0 Å². The molecule has 1 aromatic rings. The predicted molar refractivity (Wildman–Crippen MR) is 104 cm³/mol. The molecule has 1 aliphatic heterocycles. The summed E-state index contributed by atoms with van der Waals surface area (Å²) in [5, 5.41) is 3.01. The van der Waals surface area contributed by atoms with E-state index in [0.717, 1.165) is 13.1 Å². The van der Waals surface area contributed by atoms with Crippen molar-refractivity contribution in [2.75, 3.05) is 26.2 Å². The Morgan fingerprint density at radius 3 is 2.41 bits per heavy atom. The minimum Gasteiger partial charge on any atom is -0.462 e. The summed E-state index contributed by atoms with van der Waals surface area (Å²) < 4.78 is 10.9. The molecule has 2 atom stereocenters. The monoisotopic (exact) mass is 379 g/mol. The van der Waals surface area contributed by atoms with Crippen molar-refractivity contribution in [1.29, 1.82) is 0 Å². The van der Waals surface area contributed by atoms with Gasteiger partial charge in [0.15, 0.2) is 0 Å². The fraction of sp³-hybridized carbons (Fsp3) is 0.700. The smallest absolute Gasteiger partial charge is 0.340 e. The third-order valence-electron chi connectivity index (χ3n) is 5.10. The molecule has 152 valence electrons. The van der Waals surface area contributed by atoms with Crippen LogP contribution in [0.25, 0.3) is 0 Å². The number of H-pyrrole nitrogens is 1. The van der Waals surface area contributed by atoms with E-state index >= 15 is 0 Å². The highest BCUT2D eigenvalue weighted by Gasteiger charge is 2.34. The summed E-state index contributed by atoms with van der Waals surface area (Å²) in [6.07, 6.45) is 0.341. The molecule has 7 nitrogen and oxygen atoms in total. The molecular formula is C20H33N3O4. The van der Waals surface area contributed by atoms with Gasteiger partial charge in [0.1, 0.15) is 5.69 Å². The molecule has 2 rings (SSSR count). The molecule has 1 aromatic heterocycles. The standard InChI is InChI=1S/C20H33N3O4/c1-8-26-19(25)16-14(4)17(22-15(16)5)18(24)21-11-20(6,7)23-9-12(2)27-13(3)10-23/h12-13,22H,8-11H2,1-7H3,(H,21,24). The Morgan fingerprint density at radius 2 is 1.85 bits per heavy atom. The number of hydrogen-bond acceptors (Lipinski definition) is 5. The molecule has 1 fully saturated rings. The lowest BCUT2D eigenvalue weighted by Crippen LogP contribution is -2.58. The van der Waals surface area contributed by atoms with Crippen molar-refractivity contribution in [1.82, 2.24) is 15.2 Å². The summed E-state index contributed by atoms with van der Waals surface area (Å²) in [5.74, 6) is -0.618. The topological polar surface area (TPSA) is 83.7 Å². The fourth-order valence-electron chi connectivity index (χ4n) is 3.66. The number of carbonyl (C=O) groups is 2. The van der Waals surface area contributed by atoms with E-state index in [-0.39, 0.29) is 23.7 Å². The molecule has 2 unspecified atom stereocenters. The lowest BCUT2D eigenvalue weighted by atomic mass is 10.00. The van der Waals surface area contributed by atoms with Gasteiger partial charge in [0.25, 0.3) is 5.91 Å². The van der Waals surface area contributed by atoms with Gasteiger partial charge in [-0.2, -0.15) is 0 Å². The van der Waals surface area contributed by atoms with E-state index in [1.807, 2.05) is 0 Å². The second-order valence-electron chi connectivity index (χ2n) is 8.00. The molecule has 2 N–H and O–H groups in total. The van der Waals surface area contributed by atoms with Gasteiger partial charge in [0.2, 0.25) is 0 Å². The Kier molecular flexibility index (Phi) is 6.70. The number of aromatic amines is 1. The minimum atomic E-state index is -0.403. The van der Waals surface area contributed by atoms with Crippen molar-refractivity contribution in [3.63, 3.8) is 0 Å². The Balaban J connectivity index is 2.07. The van der Waals surface area contributed by atoms with E-state index in [1.54, 1.807) is 20.8 Å². The highest BCUT2D eigenvalue weighted by atomic mass is 16.5. The van der Waals surface area contributed by atoms with Crippen LogP contribution in [0.15, 0.2) is 0 Å². The summed E-state index contributed by atoms with van der Waals surface area (Å²) in [5.41, 5.74) is 1.91. The van der Waals surface area contributed by atoms with Gasteiger partial charge in [-0.25, -0.2) is 4.79 Å². The van der Waals surface area contributed by atoms with Gasteiger partial charge in [0.05, 0.1) is 24.4 Å². The summed E-state index contributed by atoms with van der Waals surface area (Å²) in [7, 11) is 0. The summed E-state index contributed by atoms with van der Waals surface area (Å²) in [4.78, 5) is 30.2. The van der Waals surface area contributed by atoms with E-state index in [1.165, 1.54) is 0 Å².